The highest BCUT2D eigenvalue weighted by Crippen LogP contribution is 2.38. The summed E-state index contributed by atoms with van der Waals surface area (Å²) in [6, 6.07) is 11.6. The largest absolute Gasteiger partial charge is 0.478 e. The first-order chi connectivity index (χ1) is 12.2. The Morgan fingerprint density at radius 3 is 2.76 bits per heavy atom. The smallest absolute Gasteiger partial charge is 0.249 e. The summed E-state index contributed by atoms with van der Waals surface area (Å²) in [6.07, 6.45) is 5.82. The monoisotopic (exact) mass is 339 g/mol. The van der Waals surface area contributed by atoms with Crippen LogP contribution >= 0.6 is 0 Å². The second-order valence-corrected chi connectivity index (χ2v) is 6.62. The number of nitrogens with zero attached hydrogens (tertiary/aromatic N) is 3. The number of hydrogen-bond acceptors (Lipinski definition) is 3. The van der Waals surface area contributed by atoms with E-state index < -0.39 is 0 Å². The fraction of sp³-hybridized carbons (Fsp3) is 0.450. The Bertz CT molecular complexity index is 783. The maximum atomic E-state index is 12.1. The van der Waals surface area contributed by atoms with Crippen LogP contribution in [0.1, 0.15) is 39.5 Å². The molecule has 0 saturated heterocycles. The van der Waals surface area contributed by atoms with Gasteiger partial charge in [0.15, 0.2) is 0 Å². The van der Waals surface area contributed by atoms with Crippen molar-refractivity contribution in [3.8, 4) is 11.6 Å². The van der Waals surface area contributed by atoms with Gasteiger partial charge in [-0.05, 0) is 30.9 Å². The lowest BCUT2D eigenvalue weighted by atomic mass is 10.3. The van der Waals surface area contributed by atoms with Gasteiger partial charge in [0.05, 0.1) is 23.8 Å². The van der Waals surface area contributed by atoms with Gasteiger partial charge in [-0.1, -0.05) is 44.9 Å². The van der Waals surface area contributed by atoms with Gasteiger partial charge >= 0.3 is 0 Å². The van der Waals surface area contributed by atoms with Crippen molar-refractivity contribution < 1.29 is 9.53 Å². The van der Waals surface area contributed by atoms with E-state index in [0.29, 0.717) is 23.8 Å². The summed E-state index contributed by atoms with van der Waals surface area (Å²) in [5, 5.41) is 5.00. The predicted octanol–water partition coefficient (Wildman–Crippen LogP) is 3.52. The molecule has 1 amide bonds. The molecule has 5 nitrogen and oxygen atoms in total. The van der Waals surface area contributed by atoms with Crippen LogP contribution in [0.5, 0.6) is 5.88 Å². The minimum atomic E-state index is -0.0521. The zero-order valence-corrected chi connectivity index (χ0v) is 14.9. The van der Waals surface area contributed by atoms with Gasteiger partial charge < -0.3 is 4.74 Å². The Balaban J connectivity index is 1.87. The number of para-hydroxylation sites is 1. The third-order valence-corrected chi connectivity index (χ3v) is 4.45. The van der Waals surface area contributed by atoms with Gasteiger partial charge in [0, 0.05) is 12.0 Å². The van der Waals surface area contributed by atoms with Crippen molar-refractivity contribution in [2.24, 2.45) is 16.8 Å². The highest BCUT2D eigenvalue weighted by Gasteiger charge is 2.38. The van der Waals surface area contributed by atoms with Gasteiger partial charge in [-0.3, -0.25) is 4.79 Å². The summed E-state index contributed by atoms with van der Waals surface area (Å²) in [4.78, 5) is 16.3. The normalized spacial score (nSPS) is 19.7. The molecule has 0 aliphatic heterocycles. The van der Waals surface area contributed by atoms with Crippen molar-refractivity contribution in [3.63, 3.8) is 0 Å². The van der Waals surface area contributed by atoms with Crippen LogP contribution in [0.25, 0.3) is 5.69 Å². The summed E-state index contributed by atoms with van der Waals surface area (Å²) in [6.45, 7) is 4.86. The molecular formula is C20H25N3O2. The molecule has 2 unspecified atom stereocenters. The zero-order chi connectivity index (χ0) is 17.6. The first kappa shape index (κ1) is 17.4. The van der Waals surface area contributed by atoms with E-state index in [2.05, 4.69) is 23.9 Å². The summed E-state index contributed by atoms with van der Waals surface area (Å²) in [7, 11) is 0. The fourth-order valence-electron chi connectivity index (χ4n) is 2.73. The Morgan fingerprint density at radius 1 is 1.32 bits per heavy atom. The number of benzene rings is 1. The van der Waals surface area contributed by atoms with Gasteiger partial charge in [-0.15, -0.1) is 0 Å². The van der Waals surface area contributed by atoms with Crippen molar-refractivity contribution in [3.05, 3.63) is 48.0 Å². The van der Waals surface area contributed by atoms with E-state index in [9.17, 15) is 4.79 Å². The summed E-state index contributed by atoms with van der Waals surface area (Å²) >= 11 is 0. The lowest BCUT2D eigenvalue weighted by molar-refractivity contribution is -0.119. The topological polar surface area (TPSA) is 56.5 Å². The van der Waals surface area contributed by atoms with Gasteiger partial charge in [0.1, 0.15) is 0 Å². The summed E-state index contributed by atoms with van der Waals surface area (Å²) < 4.78 is 7.69. The molecular weight excluding hydrogens is 314 g/mol. The van der Waals surface area contributed by atoms with Crippen molar-refractivity contribution in [2.75, 3.05) is 6.61 Å². The molecule has 0 spiro atoms. The predicted molar refractivity (Wildman–Crippen MR) is 96.4 cm³/mol. The number of ether oxygens (including phenoxy) is 1. The number of hydrogen-bond donors (Lipinski definition) is 0. The van der Waals surface area contributed by atoms with Gasteiger partial charge in [-0.2, -0.15) is 5.10 Å². The Labute approximate surface area is 148 Å². The zero-order valence-electron chi connectivity index (χ0n) is 14.9. The standard InChI is InChI=1S/C20H25N3O2/c1-3-4-8-11-25-19-13-16(22-20(24)18-12-15(18)2)14-21-23(19)17-9-6-5-7-10-17/h5-7,9-10,13-15,18H,3-4,8,11-12H2,1-2H3. The highest BCUT2D eigenvalue weighted by molar-refractivity contribution is 5.82. The molecule has 1 fully saturated rings. The molecule has 1 aromatic heterocycles. The van der Waals surface area contributed by atoms with E-state index >= 15 is 0 Å². The molecule has 1 saturated carbocycles. The van der Waals surface area contributed by atoms with Crippen LogP contribution in [0.3, 0.4) is 0 Å². The molecule has 0 N–H and O–H groups in total. The van der Waals surface area contributed by atoms with Crippen LogP contribution in [0.15, 0.2) is 47.6 Å². The number of aromatic nitrogens is 2. The van der Waals surface area contributed by atoms with Crippen LogP contribution in [-0.4, -0.2) is 22.3 Å². The number of unbranched alkanes of at least 4 members (excludes halogenated alkanes) is 2. The van der Waals surface area contributed by atoms with Crippen LogP contribution in [0.4, 0.5) is 0 Å². The molecule has 2 atom stereocenters. The second kappa shape index (κ2) is 8.10. The van der Waals surface area contributed by atoms with E-state index in [0.717, 1.165) is 31.4 Å². The Morgan fingerprint density at radius 2 is 2.08 bits per heavy atom. The Hall–Kier alpha value is -2.43. The molecule has 0 bridgehead atoms. The minimum absolute atomic E-state index is 0.0521. The molecule has 1 heterocycles. The number of amides is 1. The van der Waals surface area contributed by atoms with Crippen molar-refractivity contribution in [1.82, 2.24) is 9.78 Å². The molecule has 3 rings (SSSR count). The van der Waals surface area contributed by atoms with Crippen molar-refractivity contribution in [1.29, 1.82) is 0 Å². The highest BCUT2D eigenvalue weighted by atomic mass is 16.5. The fourth-order valence-corrected chi connectivity index (χ4v) is 2.73. The Kier molecular flexibility index (Phi) is 5.64. The van der Waals surface area contributed by atoms with Gasteiger partial charge in [0.25, 0.3) is 0 Å². The number of carbonyl (C=O) groups excluding carboxylic acids is 1. The summed E-state index contributed by atoms with van der Waals surface area (Å²) in [5.74, 6) is 1.09. The van der Waals surface area contributed by atoms with Crippen LogP contribution in [0, 0.1) is 11.8 Å². The SMILES string of the molecule is CCCCCOc1cc(=NC(=O)C2CC2C)cnn1-c1ccccc1. The van der Waals surface area contributed by atoms with Crippen LogP contribution in [-0.2, 0) is 4.79 Å². The molecule has 1 aliphatic rings. The van der Waals surface area contributed by atoms with E-state index in [-0.39, 0.29) is 11.8 Å². The first-order valence-electron chi connectivity index (χ1n) is 9.05. The summed E-state index contributed by atoms with van der Waals surface area (Å²) in [5.41, 5.74) is 0.918. The molecule has 1 aliphatic carbocycles. The maximum Gasteiger partial charge on any atom is 0.249 e. The lowest BCUT2D eigenvalue weighted by Crippen LogP contribution is -2.16. The average molecular weight is 339 g/mol. The quantitative estimate of drug-likeness (QED) is 0.725. The first-order valence-corrected chi connectivity index (χ1v) is 9.05. The minimum Gasteiger partial charge on any atom is -0.478 e. The van der Waals surface area contributed by atoms with Gasteiger partial charge in [0.2, 0.25) is 11.8 Å². The van der Waals surface area contributed by atoms with Crippen LogP contribution < -0.4 is 10.1 Å². The van der Waals surface area contributed by atoms with Crippen LogP contribution in [0.2, 0.25) is 0 Å². The second-order valence-electron chi connectivity index (χ2n) is 6.62. The number of carbonyl (C=O) groups is 1. The molecule has 2 aromatic rings. The van der Waals surface area contributed by atoms with E-state index in [1.54, 1.807) is 16.9 Å². The third kappa shape index (κ3) is 4.56. The van der Waals surface area contributed by atoms with Gasteiger partial charge in [-0.25, -0.2) is 9.67 Å². The van der Waals surface area contributed by atoms with Crippen molar-refractivity contribution in [2.45, 2.75) is 39.5 Å². The molecule has 0 radical (unpaired) electrons. The molecule has 132 valence electrons. The van der Waals surface area contributed by atoms with E-state index in [1.165, 1.54) is 0 Å². The lowest BCUT2D eigenvalue weighted by Gasteiger charge is -2.13. The average Bonchev–Trinajstić information content (AvgIpc) is 3.37. The molecule has 25 heavy (non-hydrogen) atoms. The third-order valence-electron chi connectivity index (χ3n) is 4.45. The molecule has 5 heteroatoms. The van der Waals surface area contributed by atoms with E-state index in [1.807, 2.05) is 30.3 Å². The maximum absolute atomic E-state index is 12.1. The van der Waals surface area contributed by atoms with E-state index in [4.69, 9.17) is 4.74 Å². The molecule has 1 aromatic carbocycles. The van der Waals surface area contributed by atoms with Crippen molar-refractivity contribution >= 4 is 5.91 Å². The number of rotatable bonds is 7.